The van der Waals surface area contributed by atoms with Crippen LogP contribution < -0.4 is 0 Å². The molecule has 138 valence electrons. The van der Waals surface area contributed by atoms with Gasteiger partial charge in [-0.2, -0.15) is 0 Å². The fraction of sp³-hybridized carbons (Fsp3) is 0.750. The second kappa shape index (κ2) is 8.80. The molecule has 8 nitrogen and oxygen atoms in total. The first-order valence-corrected chi connectivity index (χ1v) is 7.90. The molecule has 4 N–H and O–H groups in total. The zero-order valence-corrected chi connectivity index (χ0v) is 15.0. The molecule has 0 saturated carbocycles. The average Bonchev–Trinajstić information content (AvgIpc) is 2.61. The molecule has 0 spiro atoms. The number of aliphatic hydroxyl groups excluding tert-OH is 4. The zero-order valence-electron chi connectivity index (χ0n) is 15.0. The highest BCUT2D eigenvalue weighted by Crippen LogP contribution is 2.16. The maximum Gasteiger partial charge on any atom is 0.0727 e. The standard InChI is InChI=1S/C16H30N4O4/c1-15(9-21,10-22)19(3)7-13-5-18-14(6-17-13)8-20(4)16(2,11-23)12-24/h5-6,21-24H,7-12H2,1-4H3. The Labute approximate surface area is 143 Å². The first-order chi connectivity index (χ1) is 11.2. The number of hydrogen-bond donors (Lipinski definition) is 4. The van der Waals surface area contributed by atoms with Crippen LogP contribution in [0.5, 0.6) is 0 Å². The van der Waals surface area contributed by atoms with E-state index >= 15 is 0 Å². The molecule has 0 aromatic carbocycles. The fourth-order valence-corrected chi connectivity index (χ4v) is 2.00. The van der Waals surface area contributed by atoms with Crippen LogP contribution in [-0.4, -0.2) is 91.8 Å². The molecule has 0 saturated heterocycles. The number of likely N-dealkylation sites (N-methyl/N-ethyl adjacent to an activating group) is 2. The molecule has 0 atom stereocenters. The lowest BCUT2D eigenvalue weighted by molar-refractivity contribution is 0.00919. The largest absolute Gasteiger partial charge is 0.394 e. The molecule has 0 bridgehead atoms. The molecule has 0 aliphatic carbocycles. The van der Waals surface area contributed by atoms with Crippen LogP contribution in [0.4, 0.5) is 0 Å². The number of aliphatic hydroxyl groups is 4. The average molecular weight is 342 g/mol. The molecular weight excluding hydrogens is 312 g/mol. The molecule has 0 aliphatic heterocycles. The molecule has 0 radical (unpaired) electrons. The first kappa shape index (κ1) is 20.9. The normalized spacial score (nSPS) is 13.1. The van der Waals surface area contributed by atoms with Gasteiger partial charge in [0.1, 0.15) is 0 Å². The van der Waals surface area contributed by atoms with Gasteiger partial charge < -0.3 is 20.4 Å². The van der Waals surface area contributed by atoms with Crippen molar-refractivity contribution in [3.8, 4) is 0 Å². The summed E-state index contributed by atoms with van der Waals surface area (Å²) in [5.41, 5.74) is 0.0168. The van der Waals surface area contributed by atoms with E-state index in [9.17, 15) is 20.4 Å². The summed E-state index contributed by atoms with van der Waals surface area (Å²) in [7, 11) is 3.62. The van der Waals surface area contributed by atoms with Crippen molar-refractivity contribution in [3.63, 3.8) is 0 Å². The van der Waals surface area contributed by atoms with Gasteiger partial charge in [-0.3, -0.25) is 19.8 Å². The van der Waals surface area contributed by atoms with Crippen molar-refractivity contribution in [1.29, 1.82) is 0 Å². The summed E-state index contributed by atoms with van der Waals surface area (Å²) in [6.45, 7) is 3.82. The van der Waals surface area contributed by atoms with Crippen LogP contribution in [0.3, 0.4) is 0 Å². The summed E-state index contributed by atoms with van der Waals surface area (Å²) in [6.07, 6.45) is 3.31. The van der Waals surface area contributed by atoms with Crippen molar-refractivity contribution in [2.75, 3.05) is 40.5 Å². The van der Waals surface area contributed by atoms with Gasteiger partial charge in [0, 0.05) is 13.1 Å². The predicted molar refractivity (Wildman–Crippen MR) is 90.1 cm³/mol. The van der Waals surface area contributed by atoms with Crippen molar-refractivity contribution >= 4 is 0 Å². The molecule has 1 aromatic rings. The Morgan fingerprint density at radius 1 is 0.750 bits per heavy atom. The van der Waals surface area contributed by atoms with Crippen LogP contribution in [0.25, 0.3) is 0 Å². The van der Waals surface area contributed by atoms with Crippen LogP contribution in [0.2, 0.25) is 0 Å². The summed E-state index contributed by atoms with van der Waals surface area (Å²) < 4.78 is 0. The van der Waals surface area contributed by atoms with Crippen molar-refractivity contribution in [3.05, 3.63) is 23.8 Å². The molecule has 0 unspecified atom stereocenters. The van der Waals surface area contributed by atoms with E-state index in [0.29, 0.717) is 13.1 Å². The van der Waals surface area contributed by atoms with E-state index < -0.39 is 11.1 Å². The van der Waals surface area contributed by atoms with E-state index in [2.05, 4.69) is 9.97 Å². The fourth-order valence-electron chi connectivity index (χ4n) is 2.00. The third kappa shape index (κ3) is 4.92. The van der Waals surface area contributed by atoms with Crippen LogP contribution in [0, 0.1) is 0 Å². The van der Waals surface area contributed by atoms with Crippen molar-refractivity contribution < 1.29 is 20.4 Å². The maximum atomic E-state index is 9.42. The first-order valence-electron chi connectivity index (χ1n) is 7.90. The Kier molecular flexibility index (Phi) is 7.65. The van der Waals surface area contributed by atoms with Gasteiger partial charge in [-0.05, 0) is 27.9 Å². The van der Waals surface area contributed by atoms with Gasteiger partial charge >= 0.3 is 0 Å². The van der Waals surface area contributed by atoms with Crippen LogP contribution in [0.15, 0.2) is 12.4 Å². The Balaban J connectivity index is 2.73. The number of nitrogens with zero attached hydrogens (tertiary/aromatic N) is 4. The van der Waals surface area contributed by atoms with Crippen LogP contribution >= 0.6 is 0 Å². The van der Waals surface area contributed by atoms with E-state index in [4.69, 9.17) is 0 Å². The predicted octanol–water partition coefficient (Wildman–Crippen LogP) is -1.17. The molecule has 8 heteroatoms. The molecule has 24 heavy (non-hydrogen) atoms. The summed E-state index contributed by atoms with van der Waals surface area (Å²) >= 11 is 0. The molecule has 1 aromatic heterocycles. The highest BCUT2D eigenvalue weighted by molar-refractivity contribution is 5.04. The Morgan fingerprint density at radius 3 is 1.25 bits per heavy atom. The minimum absolute atomic E-state index is 0.156. The van der Waals surface area contributed by atoms with Crippen molar-refractivity contribution in [2.45, 2.75) is 38.0 Å². The summed E-state index contributed by atoms with van der Waals surface area (Å²) in [6, 6.07) is 0. The second-order valence-corrected chi connectivity index (χ2v) is 6.84. The highest BCUT2D eigenvalue weighted by atomic mass is 16.3. The monoisotopic (exact) mass is 342 g/mol. The van der Waals surface area contributed by atoms with E-state index in [1.165, 1.54) is 0 Å². The minimum atomic E-state index is -0.718. The Hall–Kier alpha value is -1.16. The van der Waals surface area contributed by atoms with Gasteiger partial charge in [-0.25, -0.2) is 0 Å². The van der Waals surface area contributed by atoms with Crippen LogP contribution in [-0.2, 0) is 13.1 Å². The van der Waals surface area contributed by atoms with E-state index in [0.717, 1.165) is 11.4 Å². The van der Waals surface area contributed by atoms with Gasteiger partial charge in [0.2, 0.25) is 0 Å². The Bertz CT molecular complexity index is 444. The molecule has 0 fully saturated rings. The summed E-state index contributed by atoms with van der Waals surface area (Å²) in [5.74, 6) is 0. The minimum Gasteiger partial charge on any atom is -0.394 e. The van der Waals surface area contributed by atoms with E-state index in [-0.39, 0.29) is 26.4 Å². The van der Waals surface area contributed by atoms with E-state index in [1.807, 2.05) is 23.9 Å². The second-order valence-electron chi connectivity index (χ2n) is 6.84. The quantitative estimate of drug-likeness (QED) is 0.421. The Morgan fingerprint density at radius 2 is 1.04 bits per heavy atom. The van der Waals surface area contributed by atoms with Gasteiger partial charge in [0.15, 0.2) is 0 Å². The van der Waals surface area contributed by atoms with Crippen molar-refractivity contribution in [1.82, 2.24) is 19.8 Å². The topological polar surface area (TPSA) is 113 Å². The van der Waals surface area contributed by atoms with E-state index in [1.54, 1.807) is 26.2 Å². The number of rotatable bonds is 10. The zero-order chi connectivity index (χ0) is 18.4. The van der Waals surface area contributed by atoms with Crippen LogP contribution in [0.1, 0.15) is 25.2 Å². The molecule has 1 heterocycles. The van der Waals surface area contributed by atoms with Gasteiger partial charge in [0.05, 0.1) is 61.3 Å². The molecular formula is C16H30N4O4. The summed E-state index contributed by atoms with van der Waals surface area (Å²) in [5, 5.41) is 37.7. The smallest absolute Gasteiger partial charge is 0.0727 e. The number of hydrogen-bond acceptors (Lipinski definition) is 8. The lowest BCUT2D eigenvalue weighted by Gasteiger charge is -2.36. The third-order valence-electron chi connectivity index (χ3n) is 4.76. The maximum absolute atomic E-state index is 9.42. The number of aromatic nitrogens is 2. The molecule has 1 rings (SSSR count). The molecule has 0 aliphatic rings. The lowest BCUT2D eigenvalue weighted by Crippen LogP contribution is -2.50. The van der Waals surface area contributed by atoms with Gasteiger partial charge in [-0.1, -0.05) is 0 Å². The van der Waals surface area contributed by atoms with Gasteiger partial charge in [-0.15, -0.1) is 0 Å². The van der Waals surface area contributed by atoms with Crippen molar-refractivity contribution in [2.24, 2.45) is 0 Å². The highest BCUT2D eigenvalue weighted by Gasteiger charge is 2.29. The third-order valence-corrected chi connectivity index (χ3v) is 4.76. The summed E-state index contributed by atoms with van der Waals surface area (Å²) in [4.78, 5) is 12.4. The lowest BCUT2D eigenvalue weighted by atomic mass is 10.0. The van der Waals surface area contributed by atoms with Gasteiger partial charge in [0.25, 0.3) is 0 Å². The molecule has 0 amide bonds. The SMILES string of the molecule is CN(Cc1cnc(CN(C)C(C)(CO)CO)cn1)C(C)(CO)CO.